The zero-order valence-electron chi connectivity index (χ0n) is 23.7. The number of hydrogen-bond acceptors (Lipinski definition) is 6. The Labute approximate surface area is 237 Å². The molecule has 0 aliphatic carbocycles. The van der Waals surface area contributed by atoms with Crippen LogP contribution in [0.3, 0.4) is 0 Å². The van der Waals surface area contributed by atoms with Crippen molar-refractivity contribution >= 4 is 33.5 Å². The summed E-state index contributed by atoms with van der Waals surface area (Å²) in [5.41, 5.74) is 0.400. The van der Waals surface area contributed by atoms with Crippen LogP contribution < -0.4 is 10.1 Å². The number of benzene rings is 2. The van der Waals surface area contributed by atoms with Gasteiger partial charge in [0.1, 0.15) is 29.0 Å². The van der Waals surface area contributed by atoms with E-state index in [1.807, 2.05) is 27.7 Å². The minimum absolute atomic E-state index is 0.105. The lowest BCUT2D eigenvalue weighted by molar-refractivity contribution is -0.158. The first-order valence-electron chi connectivity index (χ1n) is 13.1. The zero-order chi connectivity index (χ0) is 29.2. The van der Waals surface area contributed by atoms with Crippen LogP contribution in [0.15, 0.2) is 47.4 Å². The average molecular weight is 579 g/mol. The molecule has 8 nitrogen and oxygen atoms in total. The fourth-order valence-electron chi connectivity index (χ4n) is 4.29. The number of nitrogens with one attached hydrogen (secondary N) is 1. The molecule has 1 fully saturated rings. The Morgan fingerprint density at radius 3 is 2.26 bits per heavy atom. The number of halogens is 1. The summed E-state index contributed by atoms with van der Waals surface area (Å²) in [4.78, 5) is 26.8. The molecule has 1 aliphatic heterocycles. The van der Waals surface area contributed by atoms with E-state index in [9.17, 15) is 18.0 Å². The molecule has 1 saturated heterocycles. The third-order valence-corrected chi connectivity index (χ3v) is 8.21. The van der Waals surface area contributed by atoms with Crippen molar-refractivity contribution in [3.8, 4) is 5.75 Å². The van der Waals surface area contributed by atoms with Gasteiger partial charge in [-0.2, -0.15) is 4.31 Å². The number of carbonyl (C=O) groups excluding carboxylic acids is 2. The number of amides is 1. The van der Waals surface area contributed by atoms with Crippen LogP contribution in [0.4, 0.5) is 0 Å². The number of sulfonamides is 1. The number of nitrogens with zero attached hydrogens (tertiary/aromatic N) is 1. The van der Waals surface area contributed by atoms with Gasteiger partial charge in [0.05, 0.1) is 9.92 Å². The molecule has 0 radical (unpaired) electrons. The van der Waals surface area contributed by atoms with E-state index in [0.29, 0.717) is 29.2 Å². The predicted molar refractivity (Wildman–Crippen MR) is 151 cm³/mol. The molecule has 0 unspecified atom stereocenters. The fraction of sp³-hybridized carbons (Fsp3) is 0.517. The highest BCUT2D eigenvalue weighted by molar-refractivity contribution is 7.89. The SMILES string of the molecule is Cc1ccc(S(=O)(=O)N2CCC[C@H]2C(=O)N[C@@H](Cc2ccc(OC(C)(C)C)c(Cl)c2)C(=O)OC(C)(C)C)cc1. The molecule has 10 heteroatoms. The number of aryl methyl sites for hydroxylation is 1. The van der Waals surface area contributed by atoms with Crippen LogP contribution in [-0.4, -0.2) is 54.4 Å². The van der Waals surface area contributed by atoms with Gasteiger partial charge in [-0.25, -0.2) is 13.2 Å². The molecule has 39 heavy (non-hydrogen) atoms. The maximum absolute atomic E-state index is 13.5. The first-order valence-corrected chi connectivity index (χ1v) is 14.9. The van der Waals surface area contributed by atoms with Gasteiger partial charge in [-0.1, -0.05) is 35.4 Å². The predicted octanol–water partition coefficient (Wildman–Crippen LogP) is 5.05. The van der Waals surface area contributed by atoms with Crippen molar-refractivity contribution in [2.75, 3.05) is 6.54 Å². The lowest BCUT2D eigenvalue weighted by Crippen LogP contribution is -2.52. The van der Waals surface area contributed by atoms with Gasteiger partial charge in [0.25, 0.3) is 0 Å². The maximum atomic E-state index is 13.5. The molecule has 2 aromatic rings. The van der Waals surface area contributed by atoms with Gasteiger partial charge in [-0.05, 0) is 91.1 Å². The Balaban J connectivity index is 1.84. The monoisotopic (exact) mass is 578 g/mol. The maximum Gasteiger partial charge on any atom is 0.329 e. The smallest absolute Gasteiger partial charge is 0.329 e. The highest BCUT2D eigenvalue weighted by Crippen LogP contribution is 2.30. The Morgan fingerprint density at radius 2 is 1.69 bits per heavy atom. The molecule has 2 atom stereocenters. The molecule has 2 aromatic carbocycles. The first kappa shape index (κ1) is 30.9. The van der Waals surface area contributed by atoms with Gasteiger partial charge < -0.3 is 14.8 Å². The van der Waals surface area contributed by atoms with Crippen LogP contribution in [-0.2, 0) is 30.8 Å². The topological polar surface area (TPSA) is 102 Å². The quantitative estimate of drug-likeness (QED) is 0.440. The highest BCUT2D eigenvalue weighted by atomic mass is 35.5. The Hall–Kier alpha value is -2.62. The molecule has 0 bridgehead atoms. The fourth-order valence-corrected chi connectivity index (χ4v) is 6.19. The van der Waals surface area contributed by atoms with E-state index in [1.54, 1.807) is 51.1 Å². The van der Waals surface area contributed by atoms with E-state index in [0.717, 1.165) is 5.56 Å². The Morgan fingerprint density at radius 1 is 1.05 bits per heavy atom. The summed E-state index contributed by atoms with van der Waals surface area (Å²) in [5, 5.41) is 3.15. The van der Waals surface area contributed by atoms with Crippen LogP contribution in [0, 0.1) is 6.92 Å². The first-order chi connectivity index (χ1) is 18.0. The van der Waals surface area contributed by atoms with Crippen LogP contribution in [0.25, 0.3) is 0 Å². The third kappa shape index (κ3) is 8.43. The molecule has 1 amide bonds. The van der Waals surface area contributed by atoms with Crippen molar-refractivity contribution in [2.24, 2.45) is 0 Å². The van der Waals surface area contributed by atoms with E-state index >= 15 is 0 Å². The Bertz CT molecular complexity index is 1300. The molecule has 0 aromatic heterocycles. The van der Waals surface area contributed by atoms with E-state index in [4.69, 9.17) is 21.1 Å². The van der Waals surface area contributed by atoms with Crippen LogP contribution in [0.1, 0.15) is 65.5 Å². The number of ether oxygens (including phenoxy) is 2. The molecule has 0 spiro atoms. The van der Waals surface area contributed by atoms with Crippen molar-refractivity contribution in [1.82, 2.24) is 9.62 Å². The van der Waals surface area contributed by atoms with Gasteiger partial charge in [0, 0.05) is 13.0 Å². The van der Waals surface area contributed by atoms with Crippen molar-refractivity contribution in [3.05, 3.63) is 58.6 Å². The van der Waals surface area contributed by atoms with Crippen molar-refractivity contribution < 1.29 is 27.5 Å². The lowest BCUT2D eigenvalue weighted by Gasteiger charge is -2.28. The van der Waals surface area contributed by atoms with E-state index in [1.165, 1.54) is 16.4 Å². The summed E-state index contributed by atoms with van der Waals surface area (Å²) in [6.45, 7) is 13.1. The summed E-state index contributed by atoms with van der Waals surface area (Å²) < 4.78 is 39.4. The molecule has 1 heterocycles. The van der Waals surface area contributed by atoms with Gasteiger partial charge in [-0.3, -0.25) is 4.79 Å². The van der Waals surface area contributed by atoms with E-state index in [2.05, 4.69) is 5.32 Å². The standard InChI is InChI=1S/C29H39ClN2O6S/c1-19-10-13-21(14-11-19)39(35,36)32-16-8-9-24(32)26(33)31-23(27(34)38-29(5,6)7)18-20-12-15-25(22(30)17-20)37-28(2,3)4/h10-15,17,23-24H,8-9,16,18H2,1-7H3,(H,31,33)/t23-,24-/m0/s1. The van der Waals surface area contributed by atoms with E-state index in [-0.39, 0.29) is 17.9 Å². The lowest BCUT2D eigenvalue weighted by atomic mass is 10.0. The summed E-state index contributed by atoms with van der Waals surface area (Å²) >= 11 is 6.45. The van der Waals surface area contributed by atoms with Crippen molar-refractivity contribution in [2.45, 2.75) is 95.9 Å². The molecule has 1 N–H and O–H groups in total. The second-order valence-corrected chi connectivity index (χ2v) is 14.2. The highest BCUT2D eigenvalue weighted by Gasteiger charge is 2.41. The van der Waals surface area contributed by atoms with Crippen molar-refractivity contribution in [1.29, 1.82) is 0 Å². The second kappa shape index (κ2) is 11.9. The van der Waals surface area contributed by atoms with Crippen LogP contribution >= 0.6 is 11.6 Å². The van der Waals surface area contributed by atoms with Crippen LogP contribution in [0.2, 0.25) is 5.02 Å². The molecular weight excluding hydrogens is 540 g/mol. The average Bonchev–Trinajstić information content (AvgIpc) is 3.30. The number of esters is 1. The summed E-state index contributed by atoms with van der Waals surface area (Å²) in [6, 6.07) is 9.73. The molecular formula is C29H39ClN2O6S. The second-order valence-electron chi connectivity index (χ2n) is 11.9. The largest absolute Gasteiger partial charge is 0.487 e. The summed E-state index contributed by atoms with van der Waals surface area (Å²) in [5.74, 6) is -0.653. The van der Waals surface area contributed by atoms with Gasteiger partial charge in [0.15, 0.2) is 0 Å². The van der Waals surface area contributed by atoms with Crippen LogP contribution in [0.5, 0.6) is 5.75 Å². The minimum atomic E-state index is -3.89. The Kier molecular flexibility index (Phi) is 9.40. The number of hydrogen-bond donors (Lipinski definition) is 1. The molecule has 1 aliphatic rings. The van der Waals surface area contributed by atoms with Crippen molar-refractivity contribution in [3.63, 3.8) is 0 Å². The third-order valence-electron chi connectivity index (χ3n) is 5.99. The normalized spacial score (nSPS) is 17.5. The molecule has 0 saturated carbocycles. The number of carbonyl (C=O) groups is 2. The number of rotatable bonds is 8. The van der Waals surface area contributed by atoms with Gasteiger partial charge >= 0.3 is 5.97 Å². The summed E-state index contributed by atoms with van der Waals surface area (Å²) in [7, 11) is -3.89. The van der Waals surface area contributed by atoms with E-state index < -0.39 is 45.2 Å². The van der Waals surface area contributed by atoms with Gasteiger partial charge in [0.2, 0.25) is 15.9 Å². The minimum Gasteiger partial charge on any atom is -0.487 e. The summed E-state index contributed by atoms with van der Waals surface area (Å²) in [6.07, 6.45) is 0.987. The zero-order valence-corrected chi connectivity index (χ0v) is 25.3. The van der Waals surface area contributed by atoms with Gasteiger partial charge in [-0.15, -0.1) is 0 Å². The molecule has 3 rings (SSSR count). The molecule has 214 valence electrons.